The molecule has 1 aromatic rings. The van der Waals surface area contributed by atoms with Crippen molar-refractivity contribution in [3.63, 3.8) is 0 Å². The molecule has 2 N–H and O–H groups in total. The van der Waals surface area contributed by atoms with E-state index in [0.717, 1.165) is 5.56 Å². The molecule has 0 fully saturated rings. The minimum atomic E-state index is -3.51. The number of benzene rings is 1. The van der Waals surface area contributed by atoms with Gasteiger partial charge in [0.1, 0.15) is 6.61 Å². The zero-order valence-corrected chi connectivity index (χ0v) is 15.1. The van der Waals surface area contributed by atoms with E-state index in [4.69, 9.17) is 38.0 Å². The van der Waals surface area contributed by atoms with Gasteiger partial charge < -0.3 is 9.26 Å². The monoisotopic (exact) mass is 382 g/mol. The molecule has 0 radical (unpaired) electrons. The maximum absolute atomic E-state index is 12.3. The number of carbonyl (C=O) groups excluding carboxylic acids is 1. The first-order valence-electron chi connectivity index (χ1n) is 7.09. The highest BCUT2D eigenvalue weighted by atomic mass is 35.5. The summed E-state index contributed by atoms with van der Waals surface area (Å²) in [5.41, 5.74) is 6.56. The van der Waals surface area contributed by atoms with E-state index >= 15 is 0 Å². The molecule has 9 heteroatoms. The van der Waals surface area contributed by atoms with Crippen LogP contribution in [0, 0.1) is 0 Å². The number of ether oxygens (including phenoxy) is 1. The first-order valence-corrected chi connectivity index (χ1v) is 9.81. The van der Waals surface area contributed by atoms with E-state index in [1.807, 2.05) is 30.3 Å². The molecule has 0 heterocycles. The lowest BCUT2D eigenvalue weighted by atomic mass is 10.2. The highest BCUT2D eigenvalue weighted by Crippen LogP contribution is 2.42. The predicted octanol–water partition coefficient (Wildman–Crippen LogP) is 2.98. The average Bonchev–Trinajstić information content (AvgIpc) is 2.53. The average molecular weight is 383 g/mol. The van der Waals surface area contributed by atoms with Gasteiger partial charge >= 0.3 is 13.6 Å². The van der Waals surface area contributed by atoms with Gasteiger partial charge in [-0.2, -0.15) is 0 Å². The van der Waals surface area contributed by atoms with Crippen molar-refractivity contribution < 1.29 is 18.6 Å². The third-order valence-electron chi connectivity index (χ3n) is 2.90. The minimum Gasteiger partial charge on any atom is -0.461 e. The number of nitrogens with two attached hydrogens (primary N) is 1. The Morgan fingerprint density at radius 3 is 2.35 bits per heavy atom. The van der Waals surface area contributed by atoms with E-state index in [2.05, 4.69) is 0 Å². The largest absolute Gasteiger partial charge is 0.461 e. The zero-order chi connectivity index (χ0) is 17.1. The summed E-state index contributed by atoms with van der Waals surface area (Å²) in [6.07, 6.45) is -0.0381. The van der Waals surface area contributed by atoms with Crippen LogP contribution in [0.15, 0.2) is 30.3 Å². The third kappa shape index (κ3) is 8.15. The van der Waals surface area contributed by atoms with Gasteiger partial charge in [-0.3, -0.25) is 9.36 Å². The second kappa shape index (κ2) is 11.0. The van der Waals surface area contributed by atoms with Crippen molar-refractivity contribution in [3.8, 4) is 0 Å². The Labute approximate surface area is 146 Å². The Balaban J connectivity index is 2.33. The Morgan fingerprint density at radius 1 is 1.17 bits per heavy atom. The van der Waals surface area contributed by atoms with Crippen LogP contribution in [0.1, 0.15) is 12.0 Å². The number of rotatable bonds is 11. The molecule has 0 aliphatic carbocycles. The molecule has 1 rings (SSSR count). The molecule has 1 aromatic carbocycles. The Morgan fingerprint density at radius 2 is 1.78 bits per heavy atom. The van der Waals surface area contributed by atoms with Crippen LogP contribution in [-0.2, 0) is 25.2 Å². The molecule has 1 unspecified atom stereocenters. The SMILES string of the molecule is NP(=O)(OCCC(=O)OCc1ccccc1)N(CCCl)CCCl. The maximum atomic E-state index is 12.3. The van der Waals surface area contributed by atoms with Crippen molar-refractivity contribution in [2.24, 2.45) is 5.50 Å². The van der Waals surface area contributed by atoms with Crippen LogP contribution in [0.5, 0.6) is 0 Å². The lowest BCUT2D eigenvalue weighted by Gasteiger charge is -2.26. The Bertz CT molecular complexity index is 513. The lowest BCUT2D eigenvalue weighted by Crippen LogP contribution is -2.30. The second-order valence-electron chi connectivity index (χ2n) is 4.63. The number of alkyl halides is 2. The topological polar surface area (TPSA) is 81.9 Å². The summed E-state index contributed by atoms with van der Waals surface area (Å²) in [5.74, 6) is 0.0521. The summed E-state index contributed by atoms with van der Waals surface area (Å²) in [6.45, 7) is 0.675. The molecule has 0 saturated carbocycles. The summed E-state index contributed by atoms with van der Waals surface area (Å²) in [5, 5.41) is 0. The molecular weight excluding hydrogens is 362 g/mol. The quantitative estimate of drug-likeness (QED) is 0.360. The molecule has 0 aliphatic heterocycles. The normalized spacial score (nSPS) is 13.7. The van der Waals surface area contributed by atoms with E-state index in [-0.39, 0.29) is 31.4 Å². The summed E-state index contributed by atoms with van der Waals surface area (Å²) in [6, 6.07) is 9.31. The van der Waals surface area contributed by atoms with Crippen LogP contribution in [0.4, 0.5) is 0 Å². The number of esters is 1. The predicted molar refractivity (Wildman–Crippen MR) is 91.6 cm³/mol. The first-order chi connectivity index (χ1) is 11.0. The van der Waals surface area contributed by atoms with Gasteiger partial charge in [-0.15, -0.1) is 23.2 Å². The minimum absolute atomic E-state index is 0.0381. The first kappa shape index (κ1) is 20.4. The third-order valence-corrected chi connectivity index (χ3v) is 4.98. The molecule has 23 heavy (non-hydrogen) atoms. The molecule has 0 saturated heterocycles. The van der Waals surface area contributed by atoms with Gasteiger partial charge in [0.05, 0.1) is 13.0 Å². The number of hydrogen-bond acceptors (Lipinski definition) is 4. The van der Waals surface area contributed by atoms with Gasteiger partial charge in [-0.05, 0) is 5.56 Å². The maximum Gasteiger partial charge on any atom is 0.340 e. The number of hydrogen-bond donors (Lipinski definition) is 1. The summed E-state index contributed by atoms with van der Waals surface area (Å²) >= 11 is 11.3. The van der Waals surface area contributed by atoms with Crippen LogP contribution < -0.4 is 5.50 Å². The highest BCUT2D eigenvalue weighted by molar-refractivity contribution is 7.53. The van der Waals surface area contributed by atoms with Crippen molar-refractivity contribution in [2.45, 2.75) is 13.0 Å². The smallest absolute Gasteiger partial charge is 0.340 e. The van der Waals surface area contributed by atoms with Gasteiger partial charge in [-0.25, -0.2) is 10.2 Å². The second-order valence-corrected chi connectivity index (χ2v) is 7.33. The van der Waals surface area contributed by atoms with Crippen molar-refractivity contribution in [1.82, 2.24) is 4.67 Å². The van der Waals surface area contributed by atoms with Crippen LogP contribution in [0.25, 0.3) is 0 Å². The molecule has 1 atom stereocenters. The van der Waals surface area contributed by atoms with Crippen LogP contribution in [-0.4, -0.2) is 42.1 Å². The molecule has 0 amide bonds. The Hall–Kier alpha value is -0.620. The van der Waals surface area contributed by atoms with E-state index in [9.17, 15) is 9.36 Å². The number of halogens is 2. The number of carbonyl (C=O) groups is 1. The summed E-state index contributed by atoms with van der Waals surface area (Å²) < 4.78 is 23.9. The van der Waals surface area contributed by atoms with Gasteiger partial charge in [0, 0.05) is 24.8 Å². The molecule has 130 valence electrons. The van der Waals surface area contributed by atoms with Crippen LogP contribution in [0.3, 0.4) is 0 Å². The molecule has 0 spiro atoms. The molecule has 6 nitrogen and oxygen atoms in total. The van der Waals surface area contributed by atoms with Gasteiger partial charge in [0.2, 0.25) is 0 Å². The van der Waals surface area contributed by atoms with E-state index < -0.39 is 13.6 Å². The van der Waals surface area contributed by atoms with Crippen LogP contribution >= 0.6 is 30.9 Å². The summed E-state index contributed by atoms with van der Waals surface area (Å²) in [7, 11) is -3.51. The van der Waals surface area contributed by atoms with Crippen LogP contribution in [0.2, 0.25) is 0 Å². The lowest BCUT2D eigenvalue weighted by molar-refractivity contribution is -0.145. The Kier molecular flexibility index (Phi) is 9.79. The van der Waals surface area contributed by atoms with Gasteiger partial charge in [0.15, 0.2) is 0 Å². The van der Waals surface area contributed by atoms with Crippen molar-refractivity contribution in [1.29, 1.82) is 0 Å². The van der Waals surface area contributed by atoms with Gasteiger partial charge in [-0.1, -0.05) is 30.3 Å². The highest BCUT2D eigenvalue weighted by Gasteiger charge is 2.26. The van der Waals surface area contributed by atoms with Crippen molar-refractivity contribution in [2.75, 3.05) is 31.5 Å². The molecule has 0 aliphatic rings. The fourth-order valence-electron chi connectivity index (χ4n) is 1.74. The van der Waals surface area contributed by atoms with E-state index in [0.29, 0.717) is 13.1 Å². The summed E-state index contributed by atoms with van der Waals surface area (Å²) in [4.78, 5) is 11.6. The van der Waals surface area contributed by atoms with E-state index in [1.54, 1.807) is 0 Å². The molecular formula is C14H21Cl2N2O4P. The fourth-order valence-corrected chi connectivity index (χ4v) is 3.65. The van der Waals surface area contributed by atoms with E-state index in [1.165, 1.54) is 4.67 Å². The van der Waals surface area contributed by atoms with Crippen molar-refractivity contribution >= 4 is 36.8 Å². The van der Waals surface area contributed by atoms with Gasteiger partial charge in [0.25, 0.3) is 0 Å². The van der Waals surface area contributed by atoms with Crippen molar-refractivity contribution in [3.05, 3.63) is 35.9 Å². The number of nitrogens with zero attached hydrogens (tertiary/aromatic N) is 1. The fraction of sp³-hybridized carbons (Fsp3) is 0.500. The zero-order valence-electron chi connectivity index (χ0n) is 12.7. The standard InChI is InChI=1S/C14H21Cl2N2O4P/c15-7-9-18(10-8-16)23(17,20)22-11-6-14(19)21-12-13-4-2-1-3-5-13/h1-5H,6-12H2,(H2,17,20). The molecule has 0 aromatic heterocycles. The molecule has 0 bridgehead atoms.